The molecular formula is C18H26N2O4. The Balaban J connectivity index is 2.85. The van der Waals surface area contributed by atoms with Crippen molar-refractivity contribution in [1.29, 1.82) is 0 Å². The molecule has 132 valence electrons. The van der Waals surface area contributed by atoms with Crippen LogP contribution >= 0.6 is 0 Å². The zero-order chi connectivity index (χ0) is 18.3. The summed E-state index contributed by atoms with van der Waals surface area (Å²) in [5.74, 6) is -1.50. The van der Waals surface area contributed by atoms with E-state index in [1.54, 1.807) is 24.3 Å². The number of carbonyl (C=O) groups excluding carboxylic acids is 3. The van der Waals surface area contributed by atoms with Gasteiger partial charge in [-0.05, 0) is 24.0 Å². The van der Waals surface area contributed by atoms with E-state index >= 15 is 0 Å². The number of esters is 1. The fourth-order valence-corrected chi connectivity index (χ4v) is 2.22. The summed E-state index contributed by atoms with van der Waals surface area (Å²) in [4.78, 5) is 36.6. The number of hydrogen-bond donors (Lipinski definition) is 2. The first-order valence-electron chi connectivity index (χ1n) is 8.02. The molecule has 0 aliphatic heterocycles. The number of benzene rings is 1. The predicted octanol–water partition coefficient (Wildman–Crippen LogP) is 1.75. The normalized spacial score (nSPS) is 13.3. The third-order valence-corrected chi connectivity index (χ3v) is 3.69. The molecule has 1 aromatic rings. The average Bonchev–Trinajstić information content (AvgIpc) is 2.56. The van der Waals surface area contributed by atoms with Crippen LogP contribution in [0.4, 0.5) is 0 Å². The Morgan fingerprint density at radius 1 is 0.875 bits per heavy atom. The van der Waals surface area contributed by atoms with Gasteiger partial charge in [-0.25, -0.2) is 4.79 Å². The third-order valence-electron chi connectivity index (χ3n) is 3.69. The van der Waals surface area contributed by atoms with Crippen molar-refractivity contribution in [2.45, 2.75) is 39.8 Å². The maximum atomic E-state index is 12.6. The molecule has 2 amide bonds. The molecule has 6 heteroatoms. The van der Waals surface area contributed by atoms with Gasteiger partial charge in [-0.2, -0.15) is 0 Å². The van der Waals surface area contributed by atoms with E-state index in [9.17, 15) is 14.4 Å². The molecule has 0 spiro atoms. The minimum Gasteiger partial charge on any atom is -0.467 e. The second-order valence-electron chi connectivity index (χ2n) is 6.31. The molecule has 0 bridgehead atoms. The summed E-state index contributed by atoms with van der Waals surface area (Å²) in [6.45, 7) is 7.29. The molecule has 0 unspecified atom stereocenters. The summed E-state index contributed by atoms with van der Waals surface area (Å²) < 4.78 is 4.72. The number of ether oxygens (including phenoxy) is 1. The van der Waals surface area contributed by atoms with E-state index in [4.69, 9.17) is 4.74 Å². The van der Waals surface area contributed by atoms with E-state index in [2.05, 4.69) is 10.6 Å². The Morgan fingerprint density at radius 2 is 1.42 bits per heavy atom. The van der Waals surface area contributed by atoms with Crippen LogP contribution in [0.15, 0.2) is 30.3 Å². The predicted molar refractivity (Wildman–Crippen MR) is 91.3 cm³/mol. The van der Waals surface area contributed by atoms with Crippen molar-refractivity contribution >= 4 is 17.8 Å². The lowest BCUT2D eigenvalue weighted by atomic mass is 10.00. The molecule has 1 aromatic carbocycles. The number of methoxy groups -OCH3 is 1. The van der Waals surface area contributed by atoms with Crippen molar-refractivity contribution in [2.24, 2.45) is 11.8 Å². The number of nitrogens with one attached hydrogen (secondary N) is 2. The van der Waals surface area contributed by atoms with E-state index in [0.29, 0.717) is 5.56 Å². The number of amides is 2. The maximum Gasteiger partial charge on any atom is 0.328 e. The van der Waals surface area contributed by atoms with Crippen molar-refractivity contribution < 1.29 is 19.1 Å². The van der Waals surface area contributed by atoms with Gasteiger partial charge in [0.25, 0.3) is 5.91 Å². The summed E-state index contributed by atoms with van der Waals surface area (Å²) in [6, 6.07) is 7.18. The summed E-state index contributed by atoms with van der Waals surface area (Å²) in [6.07, 6.45) is 0. The first-order chi connectivity index (χ1) is 11.3. The van der Waals surface area contributed by atoms with Gasteiger partial charge in [0.15, 0.2) is 0 Å². The van der Waals surface area contributed by atoms with Crippen LogP contribution in [0, 0.1) is 11.8 Å². The Kier molecular flexibility index (Phi) is 7.42. The van der Waals surface area contributed by atoms with E-state index in [0.717, 1.165) is 0 Å². The molecule has 24 heavy (non-hydrogen) atoms. The van der Waals surface area contributed by atoms with Crippen LogP contribution < -0.4 is 10.6 Å². The van der Waals surface area contributed by atoms with Gasteiger partial charge in [-0.3, -0.25) is 9.59 Å². The quantitative estimate of drug-likeness (QED) is 0.744. The van der Waals surface area contributed by atoms with Crippen LogP contribution in [-0.4, -0.2) is 37.0 Å². The second-order valence-corrected chi connectivity index (χ2v) is 6.31. The zero-order valence-electron chi connectivity index (χ0n) is 14.8. The monoisotopic (exact) mass is 334 g/mol. The minimum absolute atomic E-state index is 0.126. The van der Waals surface area contributed by atoms with Gasteiger partial charge in [0.1, 0.15) is 12.1 Å². The summed E-state index contributed by atoms with van der Waals surface area (Å²) in [7, 11) is 1.28. The van der Waals surface area contributed by atoms with Crippen molar-refractivity contribution in [3.63, 3.8) is 0 Å². The standard InChI is InChI=1S/C18H26N2O4/c1-11(2)14(19-16(21)13-9-7-6-8-10-13)17(22)20-15(12(3)4)18(23)24-5/h6-12,14-15H,1-5H3,(H,19,21)(H,20,22)/t14-,15-/m1/s1. The topological polar surface area (TPSA) is 84.5 Å². The highest BCUT2D eigenvalue weighted by molar-refractivity contribution is 5.98. The fourth-order valence-electron chi connectivity index (χ4n) is 2.22. The van der Waals surface area contributed by atoms with Crippen LogP contribution in [0.25, 0.3) is 0 Å². The molecule has 0 heterocycles. The van der Waals surface area contributed by atoms with Gasteiger partial charge in [0.2, 0.25) is 5.91 Å². The fraction of sp³-hybridized carbons (Fsp3) is 0.500. The van der Waals surface area contributed by atoms with Crippen LogP contribution in [0.3, 0.4) is 0 Å². The van der Waals surface area contributed by atoms with Gasteiger partial charge >= 0.3 is 5.97 Å². The van der Waals surface area contributed by atoms with E-state index in [1.165, 1.54) is 7.11 Å². The molecule has 0 saturated carbocycles. The molecule has 0 radical (unpaired) electrons. The van der Waals surface area contributed by atoms with Crippen molar-refractivity contribution in [3.05, 3.63) is 35.9 Å². The molecule has 1 rings (SSSR count). The van der Waals surface area contributed by atoms with E-state index < -0.39 is 24.0 Å². The van der Waals surface area contributed by atoms with E-state index in [-0.39, 0.29) is 17.7 Å². The molecular weight excluding hydrogens is 308 g/mol. The number of hydrogen-bond acceptors (Lipinski definition) is 4. The lowest BCUT2D eigenvalue weighted by Gasteiger charge is -2.26. The summed E-state index contributed by atoms with van der Waals surface area (Å²) >= 11 is 0. The Morgan fingerprint density at radius 3 is 1.88 bits per heavy atom. The minimum atomic E-state index is -0.752. The van der Waals surface area contributed by atoms with E-state index in [1.807, 2.05) is 33.8 Å². The second kappa shape index (κ2) is 9.05. The van der Waals surface area contributed by atoms with Gasteiger partial charge in [0.05, 0.1) is 7.11 Å². The van der Waals surface area contributed by atoms with Gasteiger partial charge in [-0.15, -0.1) is 0 Å². The number of carbonyl (C=O) groups is 3. The van der Waals surface area contributed by atoms with Crippen LogP contribution in [-0.2, 0) is 14.3 Å². The lowest BCUT2D eigenvalue weighted by Crippen LogP contribution is -2.55. The lowest BCUT2D eigenvalue weighted by molar-refractivity contribution is -0.146. The Labute approximate surface area is 143 Å². The molecule has 6 nitrogen and oxygen atoms in total. The highest BCUT2D eigenvalue weighted by Gasteiger charge is 2.30. The zero-order valence-corrected chi connectivity index (χ0v) is 14.8. The third kappa shape index (κ3) is 5.37. The SMILES string of the molecule is COC(=O)[C@H](NC(=O)[C@H](NC(=O)c1ccccc1)C(C)C)C(C)C. The molecule has 0 aliphatic carbocycles. The molecule has 0 aromatic heterocycles. The summed E-state index contributed by atoms with van der Waals surface area (Å²) in [5.41, 5.74) is 0.476. The Bertz CT molecular complexity index is 570. The van der Waals surface area contributed by atoms with Gasteiger partial charge < -0.3 is 15.4 Å². The first kappa shape index (κ1) is 19.7. The van der Waals surface area contributed by atoms with Crippen LogP contribution in [0.1, 0.15) is 38.1 Å². The van der Waals surface area contributed by atoms with Crippen LogP contribution in [0.5, 0.6) is 0 Å². The number of rotatable bonds is 7. The molecule has 0 aliphatic rings. The maximum absolute atomic E-state index is 12.6. The smallest absolute Gasteiger partial charge is 0.328 e. The van der Waals surface area contributed by atoms with Crippen molar-refractivity contribution in [3.8, 4) is 0 Å². The highest BCUT2D eigenvalue weighted by Crippen LogP contribution is 2.09. The first-order valence-corrected chi connectivity index (χ1v) is 8.02. The van der Waals surface area contributed by atoms with Crippen LogP contribution in [0.2, 0.25) is 0 Å². The van der Waals surface area contributed by atoms with Gasteiger partial charge in [0, 0.05) is 5.56 Å². The molecule has 0 saturated heterocycles. The molecule has 2 N–H and O–H groups in total. The van der Waals surface area contributed by atoms with Crippen molar-refractivity contribution in [2.75, 3.05) is 7.11 Å². The Hall–Kier alpha value is -2.37. The molecule has 2 atom stereocenters. The van der Waals surface area contributed by atoms with Crippen molar-refractivity contribution in [1.82, 2.24) is 10.6 Å². The summed E-state index contributed by atoms with van der Waals surface area (Å²) in [5, 5.41) is 5.41. The molecule has 0 fully saturated rings. The van der Waals surface area contributed by atoms with Gasteiger partial charge in [-0.1, -0.05) is 45.9 Å². The largest absolute Gasteiger partial charge is 0.467 e. The highest BCUT2D eigenvalue weighted by atomic mass is 16.5. The average molecular weight is 334 g/mol.